The molecule has 2 aromatic carbocycles. The van der Waals surface area contributed by atoms with Crippen molar-refractivity contribution in [3.8, 4) is 34.6 Å². The SMILES string of the molecule is C#Cc1c(-c2ccccc2)c2ccc(C)cc2oc1=O.c1cc2cc-2c1. The van der Waals surface area contributed by atoms with E-state index in [1.165, 1.54) is 11.1 Å². The van der Waals surface area contributed by atoms with Crippen LogP contribution in [0.2, 0.25) is 0 Å². The number of hydrogen-bond acceptors (Lipinski definition) is 2. The lowest BCUT2D eigenvalue weighted by Gasteiger charge is -2.08. The highest BCUT2D eigenvalue weighted by atomic mass is 16.4. The van der Waals surface area contributed by atoms with Crippen molar-refractivity contribution in [3.63, 3.8) is 0 Å². The number of terminal acetylenes is 1. The monoisotopic (exact) mass is 336 g/mol. The maximum atomic E-state index is 12.1. The zero-order chi connectivity index (χ0) is 18.1. The Morgan fingerprint density at radius 2 is 1.54 bits per heavy atom. The molecule has 1 heterocycles. The van der Waals surface area contributed by atoms with Crippen LogP contribution in [0.25, 0.3) is 33.2 Å². The van der Waals surface area contributed by atoms with E-state index in [-0.39, 0.29) is 5.56 Å². The molecule has 2 heteroatoms. The number of benzene rings is 3. The fourth-order valence-electron chi connectivity index (χ4n) is 3.02. The Bertz CT molecular complexity index is 1190. The van der Waals surface area contributed by atoms with Gasteiger partial charge in [-0.1, -0.05) is 66.6 Å². The lowest BCUT2D eigenvalue weighted by molar-refractivity contribution is 0.559. The molecule has 0 N–H and O–H groups in total. The van der Waals surface area contributed by atoms with Crippen LogP contribution in [0.15, 0.2) is 82.0 Å². The molecular weight excluding hydrogens is 320 g/mol. The second kappa shape index (κ2) is 6.38. The first kappa shape index (κ1) is 15.9. The zero-order valence-corrected chi connectivity index (χ0v) is 14.3. The quantitative estimate of drug-likeness (QED) is 0.302. The van der Waals surface area contributed by atoms with Gasteiger partial charge in [0.25, 0.3) is 0 Å². The van der Waals surface area contributed by atoms with Gasteiger partial charge in [-0.25, -0.2) is 4.79 Å². The summed E-state index contributed by atoms with van der Waals surface area (Å²) in [6.07, 6.45) is 5.50. The summed E-state index contributed by atoms with van der Waals surface area (Å²) in [5.41, 5.74) is 5.93. The van der Waals surface area contributed by atoms with Crippen molar-refractivity contribution in [1.82, 2.24) is 0 Å². The summed E-state index contributed by atoms with van der Waals surface area (Å²) >= 11 is 0. The number of aryl methyl sites for hydroxylation is 1. The Kier molecular flexibility index (Phi) is 3.91. The minimum atomic E-state index is -0.468. The molecule has 0 atom stereocenters. The second-order valence-electron chi connectivity index (χ2n) is 6.23. The molecule has 0 saturated heterocycles. The Morgan fingerprint density at radius 1 is 0.846 bits per heavy atom. The van der Waals surface area contributed by atoms with Gasteiger partial charge in [-0.05, 0) is 41.3 Å². The first-order valence-corrected chi connectivity index (χ1v) is 8.37. The number of fused-ring (bicyclic) bond motifs is 2. The van der Waals surface area contributed by atoms with E-state index >= 15 is 0 Å². The van der Waals surface area contributed by atoms with E-state index in [1.807, 2.05) is 55.5 Å². The molecule has 26 heavy (non-hydrogen) atoms. The zero-order valence-electron chi connectivity index (χ0n) is 14.3. The van der Waals surface area contributed by atoms with Gasteiger partial charge < -0.3 is 4.42 Å². The molecule has 1 aromatic heterocycles. The van der Waals surface area contributed by atoms with Gasteiger partial charge in [0.2, 0.25) is 0 Å². The van der Waals surface area contributed by atoms with Crippen molar-refractivity contribution in [1.29, 1.82) is 0 Å². The van der Waals surface area contributed by atoms with Crippen LogP contribution in [0.1, 0.15) is 11.1 Å². The highest BCUT2D eigenvalue weighted by molar-refractivity contribution is 5.96. The highest BCUT2D eigenvalue weighted by Crippen LogP contribution is 2.32. The van der Waals surface area contributed by atoms with E-state index in [0.29, 0.717) is 5.58 Å². The van der Waals surface area contributed by atoms with Gasteiger partial charge in [-0.2, -0.15) is 0 Å². The summed E-state index contributed by atoms with van der Waals surface area (Å²) in [6.45, 7) is 1.96. The molecule has 2 aliphatic carbocycles. The molecule has 0 spiro atoms. The number of hydrogen-bond donors (Lipinski definition) is 0. The van der Waals surface area contributed by atoms with Crippen molar-refractivity contribution in [2.45, 2.75) is 6.92 Å². The minimum Gasteiger partial charge on any atom is -0.422 e. The average molecular weight is 336 g/mol. The molecule has 5 rings (SSSR count). The summed E-state index contributed by atoms with van der Waals surface area (Å²) < 4.78 is 5.33. The van der Waals surface area contributed by atoms with Crippen LogP contribution in [0.4, 0.5) is 0 Å². The minimum absolute atomic E-state index is 0.271. The van der Waals surface area contributed by atoms with E-state index in [9.17, 15) is 4.79 Å². The van der Waals surface area contributed by atoms with Crippen LogP contribution in [0.5, 0.6) is 0 Å². The van der Waals surface area contributed by atoms with Crippen molar-refractivity contribution in [2.75, 3.05) is 0 Å². The third-order valence-corrected chi connectivity index (χ3v) is 4.38. The average Bonchev–Trinajstić information content (AvgIpc) is 3.26. The van der Waals surface area contributed by atoms with Gasteiger partial charge in [-0.3, -0.25) is 0 Å². The predicted octanol–water partition coefficient (Wildman–Crippen LogP) is 5.42. The van der Waals surface area contributed by atoms with Crippen LogP contribution in [0, 0.1) is 19.3 Å². The third-order valence-electron chi connectivity index (χ3n) is 4.38. The van der Waals surface area contributed by atoms with Gasteiger partial charge >= 0.3 is 5.63 Å². The molecule has 3 aromatic rings. The van der Waals surface area contributed by atoms with Crippen molar-refractivity contribution in [3.05, 3.63) is 94.3 Å². The van der Waals surface area contributed by atoms with Crippen molar-refractivity contribution < 1.29 is 4.42 Å². The summed E-state index contributed by atoms with van der Waals surface area (Å²) in [5.74, 6) is 2.46. The van der Waals surface area contributed by atoms with Gasteiger partial charge in [-0.15, -0.1) is 6.42 Å². The van der Waals surface area contributed by atoms with Gasteiger partial charge in [0, 0.05) is 10.9 Å². The molecule has 124 valence electrons. The van der Waals surface area contributed by atoms with Crippen molar-refractivity contribution >= 4 is 11.0 Å². The fraction of sp³-hybridized carbons (Fsp3) is 0.0417. The van der Waals surface area contributed by atoms with E-state index in [4.69, 9.17) is 10.8 Å². The van der Waals surface area contributed by atoms with Crippen LogP contribution in [-0.2, 0) is 0 Å². The lowest BCUT2D eigenvalue weighted by Crippen LogP contribution is -2.06. The van der Waals surface area contributed by atoms with E-state index in [1.54, 1.807) is 0 Å². The molecule has 0 bridgehead atoms. The standard InChI is InChI=1S/C18H12O2.C6H4/c1-3-14-17(13-7-5-4-6-8-13)15-10-9-12(2)11-16(15)20-18(14)19;1-2-5-4-6(5)3-1/h1,4-11H,2H3;1-4H. The topological polar surface area (TPSA) is 30.2 Å². The summed E-state index contributed by atoms with van der Waals surface area (Å²) in [5, 5.41) is 0.856. The van der Waals surface area contributed by atoms with Gasteiger partial charge in [0.1, 0.15) is 11.1 Å². The normalized spacial score (nSPS) is 10.6. The second-order valence-corrected chi connectivity index (χ2v) is 6.23. The van der Waals surface area contributed by atoms with Crippen LogP contribution in [-0.4, -0.2) is 0 Å². The molecule has 2 aliphatic rings. The summed E-state index contributed by atoms with van der Waals surface area (Å²) in [4.78, 5) is 12.1. The van der Waals surface area contributed by atoms with Gasteiger partial charge in [0.05, 0.1) is 0 Å². The molecule has 0 aliphatic heterocycles. The Morgan fingerprint density at radius 3 is 2.12 bits per heavy atom. The molecular formula is C24H16O2. The molecule has 0 radical (unpaired) electrons. The molecule has 2 nitrogen and oxygen atoms in total. The van der Waals surface area contributed by atoms with Crippen molar-refractivity contribution in [2.24, 2.45) is 0 Å². The summed E-state index contributed by atoms with van der Waals surface area (Å²) in [7, 11) is 0. The first-order chi connectivity index (χ1) is 12.7. The smallest absolute Gasteiger partial charge is 0.352 e. The lowest BCUT2D eigenvalue weighted by atomic mass is 9.97. The molecule has 0 saturated carbocycles. The van der Waals surface area contributed by atoms with Crippen LogP contribution < -0.4 is 5.63 Å². The highest BCUT2D eigenvalue weighted by Gasteiger charge is 2.14. The molecule has 0 unspecified atom stereocenters. The maximum Gasteiger partial charge on any atom is 0.352 e. The molecule has 0 amide bonds. The van der Waals surface area contributed by atoms with Crippen LogP contribution >= 0.6 is 0 Å². The largest absolute Gasteiger partial charge is 0.422 e. The maximum absolute atomic E-state index is 12.1. The first-order valence-electron chi connectivity index (χ1n) is 8.37. The van der Waals surface area contributed by atoms with E-state index < -0.39 is 5.63 Å². The Labute approximate surface area is 151 Å². The predicted molar refractivity (Wildman–Crippen MR) is 106 cm³/mol. The Hall–Kier alpha value is -3.57. The fourth-order valence-corrected chi connectivity index (χ4v) is 3.02. The van der Waals surface area contributed by atoms with E-state index in [0.717, 1.165) is 22.1 Å². The number of rotatable bonds is 1. The van der Waals surface area contributed by atoms with Crippen LogP contribution in [0.3, 0.4) is 0 Å². The van der Waals surface area contributed by atoms with Gasteiger partial charge in [0.15, 0.2) is 0 Å². The van der Waals surface area contributed by atoms with E-state index in [2.05, 4.69) is 30.2 Å². The summed E-state index contributed by atoms with van der Waals surface area (Å²) in [6, 6.07) is 23.9. The molecule has 0 fully saturated rings. The Balaban J connectivity index is 0.000000233. The third kappa shape index (κ3) is 2.92.